The number of aliphatic carboxylic acids is 1. The molecule has 0 saturated heterocycles. The van der Waals surface area contributed by atoms with E-state index >= 15 is 0 Å². The van der Waals surface area contributed by atoms with E-state index in [1.165, 1.54) is 0 Å². The number of rotatable bonds is 7. The number of hydrogen-bond donors (Lipinski definition) is 2. The minimum absolute atomic E-state index is 0.00533. The van der Waals surface area contributed by atoms with E-state index in [2.05, 4.69) is 5.32 Å². The fourth-order valence-corrected chi connectivity index (χ4v) is 0.696. The summed E-state index contributed by atoms with van der Waals surface area (Å²) in [4.78, 5) is 21.1. The molecule has 1 unspecified atom stereocenters. The smallest absolute Gasteiger partial charge is 0.305 e. The summed E-state index contributed by atoms with van der Waals surface area (Å²) >= 11 is 0. The van der Waals surface area contributed by atoms with Gasteiger partial charge in [-0.05, 0) is 13.3 Å². The first kappa shape index (κ1) is 12.9. The molecule has 0 aromatic heterocycles. The number of carboxylic acids is 1. The fraction of sp³-hybridized carbons (Fsp3) is 0.778. The molecule has 1 atom stereocenters. The van der Waals surface area contributed by atoms with Gasteiger partial charge in [-0.1, -0.05) is 6.92 Å². The standard InChI is InChI=1S/C9H17NO4/c1-3-7(2)14-6-8(11)10-5-4-9(12)13/h7H,3-6H2,1-2H3,(H,10,11)(H,12,13). The van der Waals surface area contributed by atoms with Crippen LogP contribution in [0.1, 0.15) is 26.7 Å². The Morgan fingerprint density at radius 2 is 2.14 bits per heavy atom. The number of carboxylic acid groups (broad SMARTS) is 1. The lowest BCUT2D eigenvalue weighted by Crippen LogP contribution is -2.30. The third-order valence-electron chi connectivity index (χ3n) is 1.73. The molecule has 2 N–H and O–H groups in total. The Morgan fingerprint density at radius 1 is 1.50 bits per heavy atom. The highest BCUT2D eigenvalue weighted by Crippen LogP contribution is 1.94. The summed E-state index contributed by atoms with van der Waals surface area (Å²) in [5, 5.41) is 10.7. The second-order valence-electron chi connectivity index (χ2n) is 3.02. The first-order valence-corrected chi connectivity index (χ1v) is 4.66. The van der Waals surface area contributed by atoms with Gasteiger partial charge in [-0.25, -0.2) is 0 Å². The van der Waals surface area contributed by atoms with Crippen LogP contribution >= 0.6 is 0 Å². The van der Waals surface area contributed by atoms with Crippen LogP contribution in [-0.2, 0) is 14.3 Å². The van der Waals surface area contributed by atoms with Crippen LogP contribution in [0.2, 0.25) is 0 Å². The fourth-order valence-electron chi connectivity index (χ4n) is 0.696. The first-order chi connectivity index (χ1) is 6.56. The molecule has 0 aliphatic carbocycles. The zero-order valence-corrected chi connectivity index (χ0v) is 8.58. The average Bonchev–Trinajstić information content (AvgIpc) is 2.13. The summed E-state index contributed by atoms with van der Waals surface area (Å²) in [6.45, 7) is 3.99. The van der Waals surface area contributed by atoms with E-state index < -0.39 is 5.97 Å². The van der Waals surface area contributed by atoms with Gasteiger partial charge in [0.2, 0.25) is 5.91 Å². The van der Waals surface area contributed by atoms with E-state index in [0.717, 1.165) is 6.42 Å². The van der Waals surface area contributed by atoms with Crippen molar-refractivity contribution >= 4 is 11.9 Å². The molecule has 0 aliphatic rings. The highest BCUT2D eigenvalue weighted by molar-refractivity contribution is 5.77. The van der Waals surface area contributed by atoms with Crippen molar-refractivity contribution in [2.24, 2.45) is 0 Å². The summed E-state index contributed by atoms with van der Waals surface area (Å²) < 4.78 is 5.15. The Kier molecular flexibility index (Phi) is 6.74. The monoisotopic (exact) mass is 203 g/mol. The second-order valence-corrected chi connectivity index (χ2v) is 3.02. The van der Waals surface area contributed by atoms with Crippen molar-refractivity contribution in [2.75, 3.05) is 13.2 Å². The van der Waals surface area contributed by atoms with Crippen molar-refractivity contribution < 1.29 is 19.4 Å². The highest BCUT2D eigenvalue weighted by Gasteiger charge is 2.05. The van der Waals surface area contributed by atoms with Gasteiger partial charge in [-0.15, -0.1) is 0 Å². The van der Waals surface area contributed by atoms with Crippen molar-refractivity contribution in [2.45, 2.75) is 32.8 Å². The first-order valence-electron chi connectivity index (χ1n) is 4.66. The van der Waals surface area contributed by atoms with Gasteiger partial charge in [0.1, 0.15) is 6.61 Å². The van der Waals surface area contributed by atoms with E-state index in [0.29, 0.717) is 0 Å². The lowest BCUT2D eigenvalue weighted by atomic mass is 10.3. The van der Waals surface area contributed by atoms with Crippen LogP contribution in [-0.4, -0.2) is 36.2 Å². The summed E-state index contributed by atoms with van der Waals surface area (Å²) in [6, 6.07) is 0. The van der Waals surface area contributed by atoms with Crippen molar-refractivity contribution in [3.05, 3.63) is 0 Å². The van der Waals surface area contributed by atoms with Crippen molar-refractivity contribution in [1.82, 2.24) is 5.32 Å². The number of carbonyl (C=O) groups excluding carboxylic acids is 1. The average molecular weight is 203 g/mol. The lowest BCUT2D eigenvalue weighted by Gasteiger charge is -2.09. The normalized spacial score (nSPS) is 12.1. The van der Waals surface area contributed by atoms with Gasteiger partial charge in [-0.3, -0.25) is 9.59 Å². The minimum Gasteiger partial charge on any atom is -0.481 e. The molecule has 0 heterocycles. The maximum atomic E-state index is 11.0. The van der Waals surface area contributed by atoms with Gasteiger partial charge >= 0.3 is 5.97 Å². The lowest BCUT2D eigenvalue weighted by molar-refractivity contribution is -0.137. The van der Waals surface area contributed by atoms with Gasteiger partial charge in [0, 0.05) is 6.54 Å². The number of carbonyl (C=O) groups is 2. The molecule has 14 heavy (non-hydrogen) atoms. The summed E-state index contributed by atoms with van der Waals surface area (Å²) in [5.41, 5.74) is 0. The SMILES string of the molecule is CCC(C)OCC(=O)NCCC(=O)O. The molecule has 0 saturated carbocycles. The quantitative estimate of drug-likeness (QED) is 0.627. The van der Waals surface area contributed by atoms with Gasteiger partial charge < -0.3 is 15.2 Å². The van der Waals surface area contributed by atoms with Crippen molar-refractivity contribution in [3.63, 3.8) is 0 Å². The van der Waals surface area contributed by atoms with E-state index in [9.17, 15) is 9.59 Å². The Labute approximate surface area is 83.4 Å². The molecule has 0 spiro atoms. The van der Waals surface area contributed by atoms with Crippen LogP contribution in [0.5, 0.6) is 0 Å². The minimum atomic E-state index is -0.923. The van der Waals surface area contributed by atoms with Gasteiger partial charge in [-0.2, -0.15) is 0 Å². The molecule has 1 amide bonds. The van der Waals surface area contributed by atoms with Crippen molar-refractivity contribution in [3.8, 4) is 0 Å². The molecule has 5 nitrogen and oxygen atoms in total. The molecule has 0 rings (SSSR count). The Hall–Kier alpha value is -1.10. The molecular formula is C9H17NO4. The van der Waals surface area contributed by atoms with E-state index in [1.54, 1.807) is 0 Å². The molecule has 0 fully saturated rings. The van der Waals surface area contributed by atoms with Crippen LogP contribution in [0.4, 0.5) is 0 Å². The van der Waals surface area contributed by atoms with Crippen LogP contribution in [0.25, 0.3) is 0 Å². The predicted molar refractivity (Wildman–Crippen MR) is 51.0 cm³/mol. The second kappa shape index (κ2) is 7.32. The number of hydrogen-bond acceptors (Lipinski definition) is 3. The van der Waals surface area contributed by atoms with Gasteiger partial charge in [0.25, 0.3) is 0 Å². The molecule has 0 bridgehead atoms. The van der Waals surface area contributed by atoms with Crippen molar-refractivity contribution in [1.29, 1.82) is 0 Å². The number of amides is 1. The molecule has 0 radical (unpaired) electrons. The molecule has 0 aromatic carbocycles. The van der Waals surface area contributed by atoms with Crippen LogP contribution in [0, 0.1) is 0 Å². The molecule has 0 aliphatic heterocycles. The topological polar surface area (TPSA) is 75.6 Å². The third-order valence-corrected chi connectivity index (χ3v) is 1.73. The molecule has 82 valence electrons. The zero-order valence-electron chi connectivity index (χ0n) is 8.58. The largest absolute Gasteiger partial charge is 0.481 e. The summed E-state index contributed by atoms with van der Waals surface area (Å²) in [5.74, 6) is -1.19. The molecule has 5 heteroatoms. The van der Waals surface area contributed by atoms with E-state index in [1.807, 2.05) is 13.8 Å². The Balaban J connectivity index is 3.41. The maximum Gasteiger partial charge on any atom is 0.305 e. The van der Waals surface area contributed by atoms with Gasteiger partial charge in [0.05, 0.1) is 12.5 Å². The molecule has 0 aromatic rings. The Bertz CT molecular complexity index is 193. The van der Waals surface area contributed by atoms with Crippen LogP contribution in [0.15, 0.2) is 0 Å². The third kappa shape index (κ3) is 7.54. The number of ether oxygens (including phenoxy) is 1. The summed E-state index contributed by atoms with van der Waals surface area (Å²) in [7, 11) is 0. The maximum absolute atomic E-state index is 11.0. The van der Waals surface area contributed by atoms with Crippen LogP contribution in [0.3, 0.4) is 0 Å². The summed E-state index contributed by atoms with van der Waals surface area (Å²) in [6.07, 6.45) is 0.845. The predicted octanol–water partition coefficient (Wildman–Crippen LogP) is 0.392. The zero-order chi connectivity index (χ0) is 11.0. The van der Waals surface area contributed by atoms with E-state index in [4.69, 9.17) is 9.84 Å². The van der Waals surface area contributed by atoms with Crippen LogP contribution < -0.4 is 5.32 Å². The number of nitrogens with one attached hydrogen (secondary N) is 1. The Morgan fingerprint density at radius 3 is 2.64 bits per heavy atom. The van der Waals surface area contributed by atoms with E-state index in [-0.39, 0.29) is 31.6 Å². The highest BCUT2D eigenvalue weighted by atomic mass is 16.5. The van der Waals surface area contributed by atoms with Gasteiger partial charge in [0.15, 0.2) is 0 Å². The molecular weight excluding hydrogens is 186 g/mol.